The SMILES string of the molecule is COCC(O)CN(C)c1ccc(C(C)O)nc1. The number of rotatable bonds is 6. The lowest BCUT2D eigenvalue weighted by atomic mass is 10.2. The van der Waals surface area contributed by atoms with Crippen molar-refractivity contribution < 1.29 is 14.9 Å². The minimum Gasteiger partial charge on any atom is -0.389 e. The molecule has 0 saturated carbocycles. The van der Waals surface area contributed by atoms with Crippen LogP contribution in [0.25, 0.3) is 0 Å². The Morgan fingerprint density at radius 2 is 2.12 bits per heavy atom. The first-order valence-electron chi connectivity index (χ1n) is 5.56. The third-order valence-corrected chi connectivity index (χ3v) is 2.48. The summed E-state index contributed by atoms with van der Waals surface area (Å²) in [6, 6.07) is 3.65. The van der Waals surface area contributed by atoms with Crippen LogP contribution in [0.3, 0.4) is 0 Å². The Bertz CT molecular complexity index is 327. The number of hydrogen-bond donors (Lipinski definition) is 2. The highest BCUT2D eigenvalue weighted by atomic mass is 16.5. The minimum absolute atomic E-state index is 0.309. The van der Waals surface area contributed by atoms with Gasteiger partial charge in [0.05, 0.1) is 36.4 Å². The maximum atomic E-state index is 9.60. The number of aliphatic hydroxyl groups excluding tert-OH is 2. The van der Waals surface area contributed by atoms with Gasteiger partial charge in [-0.25, -0.2) is 0 Å². The van der Waals surface area contributed by atoms with Crippen LogP contribution in [0.1, 0.15) is 18.7 Å². The van der Waals surface area contributed by atoms with Gasteiger partial charge in [0.1, 0.15) is 0 Å². The molecule has 0 aliphatic rings. The molecule has 5 heteroatoms. The van der Waals surface area contributed by atoms with Crippen molar-refractivity contribution in [3.05, 3.63) is 24.0 Å². The summed E-state index contributed by atoms with van der Waals surface area (Å²) in [6.45, 7) is 2.46. The quantitative estimate of drug-likeness (QED) is 0.761. The summed E-state index contributed by atoms with van der Waals surface area (Å²) in [7, 11) is 3.43. The van der Waals surface area contributed by atoms with E-state index in [0.29, 0.717) is 18.8 Å². The van der Waals surface area contributed by atoms with Gasteiger partial charge in [-0.3, -0.25) is 4.98 Å². The molecular formula is C12H20N2O3. The van der Waals surface area contributed by atoms with Crippen LogP contribution in [0.2, 0.25) is 0 Å². The molecule has 1 aromatic heterocycles. The highest BCUT2D eigenvalue weighted by Crippen LogP contribution is 2.15. The van der Waals surface area contributed by atoms with Crippen molar-refractivity contribution in [1.82, 2.24) is 4.98 Å². The lowest BCUT2D eigenvalue weighted by molar-refractivity contribution is 0.0695. The van der Waals surface area contributed by atoms with E-state index in [9.17, 15) is 10.2 Å². The monoisotopic (exact) mass is 240 g/mol. The van der Waals surface area contributed by atoms with Gasteiger partial charge in [-0.05, 0) is 19.1 Å². The zero-order valence-electron chi connectivity index (χ0n) is 10.5. The fourth-order valence-corrected chi connectivity index (χ4v) is 1.54. The number of nitrogens with zero attached hydrogens (tertiary/aromatic N) is 2. The van der Waals surface area contributed by atoms with Crippen LogP contribution in [-0.4, -0.2) is 48.6 Å². The van der Waals surface area contributed by atoms with E-state index in [0.717, 1.165) is 5.69 Å². The number of pyridine rings is 1. The Balaban J connectivity index is 2.60. The van der Waals surface area contributed by atoms with Crippen LogP contribution in [0.15, 0.2) is 18.3 Å². The molecule has 1 rings (SSSR count). The van der Waals surface area contributed by atoms with Crippen molar-refractivity contribution in [2.75, 3.05) is 32.2 Å². The molecule has 0 bridgehead atoms. The first-order chi connectivity index (χ1) is 8.04. The highest BCUT2D eigenvalue weighted by Gasteiger charge is 2.09. The molecule has 2 N–H and O–H groups in total. The molecule has 0 saturated heterocycles. The van der Waals surface area contributed by atoms with Crippen LogP contribution >= 0.6 is 0 Å². The van der Waals surface area contributed by atoms with Gasteiger partial charge in [-0.15, -0.1) is 0 Å². The van der Waals surface area contributed by atoms with Gasteiger partial charge >= 0.3 is 0 Å². The first kappa shape index (κ1) is 13.9. The molecule has 1 aromatic rings. The van der Waals surface area contributed by atoms with Crippen molar-refractivity contribution in [3.63, 3.8) is 0 Å². The number of likely N-dealkylation sites (N-methyl/N-ethyl adjacent to an activating group) is 1. The largest absolute Gasteiger partial charge is 0.389 e. The van der Waals surface area contributed by atoms with E-state index in [1.807, 2.05) is 18.0 Å². The van der Waals surface area contributed by atoms with Gasteiger partial charge in [-0.1, -0.05) is 0 Å². The van der Waals surface area contributed by atoms with Crippen molar-refractivity contribution in [2.24, 2.45) is 0 Å². The van der Waals surface area contributed by atoms with Crippen LogP contribution in [-0.2, 0) is 4.74 Å². The molecule has 2 atom stereocenters. The summed E-state index contributed by atoms with van der Waals surface area (Å²) in [5.74, 6) is 0. The summed E-state index contributed by atoms with van der Waals surface area (Å²) < 4.78 is 4.87. The summed E-state index contributed by atoms with van der Waals surface area (Å²) in [4.78, 5) is 6.04. The Kier molecular flexibility index (Phi) is 5.34. The predicted octanol–water partition coefficient (Wildman–Crippen LogP) is 0.578. The highest BCUT2D eigenvalue weighted by molar-refractivity contribution is 5.43. The maximum Gasteiger partial charge on any atom is 0.0947 e. The van der Waals surface area contributed by atoms with E-state index in [1.165, 1.54) is 0 Å². The molecule has 0 radical (unpaired) electrons. The molecule has 0 aliphatic carbocycles. The van der Waals surface area contributed by atoms with E-state index in [2.05, 4.69) is 4.98 Å². The second-order valence-corrected chi connectivity index (χ2v) is 4.11. The van der Waals surface area contributed by atoms with E-state index >= 15 is 0 Å². The number of anilines is 1. The molecule has 0 amide bonds. The molecule has 0 aliphatic heterocycles. The normalized spacial score (nSPS) is 14.4. The molecule has 96 valence electrons. The molecule has 1 heterocycles. The van der Waals surface area contributed by atoms with Crippen molar-refractivity contribution in [1.29, 1.82) is 0 Å². The maximum absolute atomic E-state index is 9.60. The van der Waals surface area contributed by atoms with Gasteiger partial charge in [0, 0.05) is 20.7 Å². The lowest BCUT2D eigenvalue weighted by Crippen LogP contribution is -2.31. The van der Waals surface area contributed by atoms with Crippen molar-refractivity contribution >= 4 is 5.69 Å². The van der Waals surface area contributed by atoms with Gasteiger partial charge in [-0.2, -0.15) is 0 Å². The van der Waals surface area contributed by atoms with Gasteiger partial charge in [0.25, 0.3) is 0 Å². The Morgan fingerprint density at radius 3 is 2.59 bits per heavy atom. The summed E-state index contributed by atoms with van der Waals surface area (Å²) in [5, 5.41) is 18.9. The van der Waals surface area contributed by atoms with Crippen LogP contribution < -0.4 is 4.90 Å². The molecule has 5 nitrogen and oxygen atoms in total. The zero-order chi connectivity index (χ0) is 12.8. The summed E-state index contributed by atoms with van der Waals surface area (Å²) in [6.07, 6.45) is 0.594. The number of aromatic nitrogens is 1. The van der Waals surface area contributed by atoms with Gasteiger partial charge in [0.2, 0.25) is 0 Å². The zero-order valence-corrected chi connectivity index (χ0v) is 10.5. The second-order valence-electron chi connectivity index (χ2n) is 4.11. The van der Waals surface area contributed by atoms with Gasteiger partial charge < -0.3 is 19.8 Å². The second kappa shape index (κ2) is 6.54. The Morgan fingerprint density at radius 1 is 1.41 bits per heavy atom. The molecule has 17 heavy (non-hydrogen) atoms. The van der Waals surface area contributed by atoms with Gasteiger partial charge in [0.15, 0.2) is 0 Å². The fourth-order valence-electron chi connectivity index (χ4n) is 1.54. The van der Waals surface area contributed by atoms with Crippen LogP contribution in [0.4, 0.5) is 5.69 Å². The van der Waals surface area contributed by atoms with Crippen molar-refractivity contribution in [3.8, 4) is 0 Å². The molecule has 0 aromatic carbocycles. The number of ether oxygens (including phenoxy) is 1. The van der Waals surface area contributed by atoms with E-state index in [1.54, 1.807) is 26.3 Å². The fraction of sp³-hybridized carbons (Fsp3) is 0.583. The van der Waals surface area contributed by atoms with E-state index in [-0.39, 0.29) is 0 Å². The topological polar surface area (TPSA) is 65.8 Å². The molecule has 2 unspecified atom stereocenters. The third kappa shape index (κ3) is 4.30. The smallest absolute Gasteiger partial charge is 0.0947 e. The first-order valence-corrected chi connectivity index (χ1v) is 5.56. The number of aliphatic hydroxyl groups is 2. The predicted molar refractivity (Wildman–Crippen MR) is 66.0 cm³/mol. The number of methoxy groups -OCH3 is 1. The van der Waals surface area contributed by atoms with Crippen LogP contribution in [0.5, 0.6) is 0 Å². The molecular weight excluding hydrogens is 220 g/mol. The van der Waals surface area contributed by atoms with E-state index < -0.39 is 12.2 Å². The lowest BCUT2D eigenvalue weighted by Gasteiger charge is -2.22. The average molecular weight is 240 g/mol. The molecule has 0 spiro atoms. The minimum atomic E-state index is -0.562. The molecule has 0 fully saturated rings. The van der Waals surface area contributed by atoms with Crippen molar-refractivity contribution in [2.45, 2.75) is 19.1 Å². The number of hydrogen-bond acceptors (Lipinski definition) is 5. The standard InChI is InChI=1S/C12H20N2O3/c1-9(15)12-5-4-10(6-13-12)14(2)7-11(16)8-17-3/h4-6,9,11,15-16H,7-8H2,1-3H3. The average Bonchev–Trinajstić information content (AvgIpc) is 2.29. The summed E-state index contributed by atoms with van der Waals surface area (Å²) >= 11 is 0. The van der Waals surface area contributed by atoms with E-state index in [4.69, 9.17) is 4.74 Å². The Labute approximate surface area is 102 Å². The van der Waals surface area contributed by atoms with Crippen LogP contribution in [0, 0.1) is 0 Å². The third-order valence-electron chi connectivity index (χ3n) is 2.48. The summed E-state index contributed by atoms with van der Waals surface area (Å²) in [5.41, 5.74) is 1.53. The Hall–Kier alpha value is -1.17.